The van der Waals surface area contributed by atoms with Gasteiger partial charge < -0.3 is 14.2 Å². The fourth-order valence-electron chi connectivity index (χ4n) is 2.95. The van der Waals surface area contributed by atoms with Crippen LogP contribution in [-0.4, -0.2) is 37.0 Å². The molecule has 0 aliphatic carbocycles. The van der Waals surface area contributed by atoms with E-state index in [2.05, 4.69) is 10.2 Å². The summed E-state index contributed by atoms with van der Waals surface area (Å²) in [4.78, 5) is 25.3. The van der Waals surface area contributed by atoms with Crippen LogP contribution in [0.4, 0.5) is 13.2 Å². The summed E-state index contributed by atoms with van der Waals surface area (Å²) in [6.07, 6.45) is -4.51. The molecule has 0 unspecified atom stereocenters. The highest BCUT2D eigenvalue weighted by molar-refractivity contribution is 5.98. The predicted molar refractivity (Wildman–Crippen MR) is 105 cm³/mol. The minimum atomic E-state index is -4.51. The number of carbonyl (C=O) groups is 1. The smallest absolute Gasteiger partial charge is 0.416 e. The van der Waals surface area contributed by atoms with Gasteiger partial charge in [0.25, 0.3) is 0 Å². The number of methoxy groups -OCH3 is 2. The Bertz CT molecular complexity index is 1190. The second kappa shape index (κ2) is 8.58. The van der Waals surface area contributed by atoms with Crippen LogP contribution in [0.5, 0.6) is 11.5 Å². The van der Waals surface area contributed by atoms with Crippen LogP contribution in [0.2, 0.25) is 0 Å². The largest absolute Gasteiger partial charge is 0.493 e. The first kappa shape index (κ1) is 22.0. The number of carbonyl (C=O) groups excluding carboxylic acids is 1. The molecule has 3 rings (SSSR count). The van der Waals surface area contributed by atoms with E-state index in [0.29, 0.717) is 0 Å². The summed E-state index contributed by atoms with van der Waals surface area (Å²) in [5.41, 5.74) is -1.83. The van der Waals surface area contributed by atoms with Gasteiger partial charge in [-0.2, -0.15) is 13.2 Å². The molecule has 3 aromatic rings. The van der Waals surface area contributed by atoms with Crippen molar-refractivity contribution in [2.45, 2.75) is 13.1 Å². The average molecular weight is 434 g/mol. The van der Waals surface area contributed by atoms with Crippen molar-refractivity contribution in [3.8, 4) is 22.8 Å². The van der Waals surface area contributed by atoms with Gasteiger partial charge in [0, 0.05) is 16.3 Å². The summed E-state index contributed by atoms with van der Waals surface area (Å²) in [5.74, 6) is -0.495. The fourth-order valence-corrected chi connectivity index (χ4v) is 2.95. The number of benzene rings is 2. The van der Waals surface area contributed by atoms with Crippen molar-refractivity contribution in [1.29, 1.82) is 0 Å². The van der Waals surface area contributed by atoms with E-state index in [1.54, 1.807) is 6.92 Å². The Balaban J connectivity index is 2.37. The van der Waals surface area contributed by atoms with Gasteiger partial charge in [0.1, 0.15) is 5.69 Å². The molecule has 0 amide bonds. The number of hydrogen-bond acceptors (Lipinski definition) is 7. The Hall–Kier alpha value is -3.69. The van der Waals surface area contributed by atoms with Gasteiger partial charge in [0.05, 0.1) is 26.4 Å². The molecule has 0 fully saturated rings. The molecular weight excluding hydrogens is 417 g/mol. The molecule has 0 spiro atoms. The van der Waals surface area contributed by atoms with Crippen molar-refractivity contribution < 1.29 is 32.2 Å². The van der Waals surface area contributed by atoms with Crippen molar-refractivity contribution in [3.05, 3.63) is 57.9 Å². The van der Waals surface area contributed by atoms with E-state index in [4.69, 9.17) is 14.2 Å². The Morgan fingerprint density at radius 3 is 2.06 bits per heavy atom. The van der Waals surface area contributed by atoms with Gasteiger partial charge in [-0.3, -0.25) is 4.79 Å². The zero-order chi connectivity index (χ0) is 22.8. The molecule has 2 aromatic carbocycles. The normalized spacial score (nSPS) is 11.3. The molecule has 0 atom stereocenters. The molecule has 1 heterocycles. The highest BCUT2D eigenvalue weighted by Gasteiger charge is 2.30. The number of fused-ring (bicyclic) bond motifs is 1. The maximum Gasteiger partial charge on any atom is 0.416 e. The first-order valence-electron chi connectivity index (χ1n) is 9.02. The SMILES string of the molecule is CCOC(=O)c1nnc(-c2ccc(C(F)(F)F)cc2)c2cc(OC)c(OC)cc2c1=O. The third-order valence-electron chi connectivity index (χ3n) is 4.44. The van der Waals surface area contributed by atoms with E-state index < -0.39 is 28.8 Å². The number of aromatic nitrogens is 2. The zero-order valence-electron chi connectivity index (χ0n) is 16.7. The van der Waals surface area contributed by atoms with Gasteiger partial charge in [0.2, 0.25) is 11.1 Å². The molecule has 0 aliphatic rings. The van der Waals surface area contributed by atoms with Gasteiger partial charge in [-0.25, -0.2) is 4.79 Å². The topological polar surface area (TPSA) is 87.6 Å². The maximum atomic E-state index is 13.0. The van der Waals surface area contributed by atoms with Crippen molar-refractivity contribution >= 4 is 16.7 Å². The van der Waals surface area contributed by atoms with Gasteiger partial charge in [-0.05, 0) is 31.2 Å². The average Bonchev–Trinajstić information content (AvgIpc) is 2.88. The van der Waals surface area contributed by atoms with Gasteiger partial charge in [-0.15, -0.1) is 10.2 Å². The number of halogens is 3. The van der Waals surface area contributed by atoms with Gasteiger partial charge in [-0.1, -0.05) is 12.1 Å². The molecule has 0 aliphatic heterocycles. The Kier molecular flexibility index (Phi) is 6.09. The maximum absolute atomic E-state index is 13.0. The van der Waals surface area contributed by atoms with E-state index in [1.807, 2.05) is 0 Å². The second-order valence-corrected chi connectivity index (χ2v) is 6.27. The molecule has 162 valence electrons. The Morgan fingerprint density at radius 2 is 1.55 bits per heavy atom. The molecule has 0 radical (unpaired) electrons. The van der Waals surface area contributed by atoms with Crippen LogP contribution in [0.1, 0.15) is 23.0 Å². The Morgan fingerprint density at radius 1 is 0.968 bits per heavy atom. The quantitative estimate of drug-likeness (QED) is 0.564. The predicted octanol–water partition coefficient (Wildman–Crippen LogP) is 3.87. The summed E-state index contributed by atoms with van der Waals surface area (Å²) in [5, 5.41) is 7.98. The van der Waals surface area contributed by atoms with E-state index in [0.717, 1.165) is 12.1 Å². The lowest BCUT2D eigenvalue weighted by molar-refractivity contribution is -0.137. The number of rotatable bonds is 5. The van der Waals surface area contributed by atoms with Crippen LogP contribution < -0.4 is 14.9 Å². The molecule has 10 heteroatoms. The molecule has 7 nitrogen and oxygen atoms in total. The van der Waals surface area contributed by atoms with Crippen molar-refractivity contribution in [3.63, 3.8) is 0 Å². The number of ether oxygens (including phenoxy) is 3. The summed E-state index contributed by atoms with van der Waals surface area (Å²) in [6, 6.07) is 7.00. The van der Waals surface area contributed by atoms with Crippen LogP contribution >= 0.6 is 0 Å². The molecule has 0 saturated carbocycles. The second-order valence-electron chi connectivity index (χ2n) is 6.27. The minimum Gasteiger partial charge on any atom is -0.493 e. The lowest BCUT2D eigenvalue weighted by Crippen LogP contribution is -2.18. The summed E-state index contributed by atoms with van der Waals surface area (Å²) >= 11 is 0. The lowest BCUT2D eigenvalue weighted by atomic mass is 10.0. The molecule has 0 saturated heterocycles. The highest BCUT2D eigenvalue weighted by Crippen LogP contribution is 2.36. The standard InChI is InChI=1S/C21H17F3N2O5/c1-4-31-20(28)18-19(27)14-10-16(30-3)15(29-2)9-13(14)17(25-26-18)11-5-7-12(8-6-11)21(22,23)24/h5-10H,4H2,1-3H3. The number of alkyl halides is 3. The van der Waals surface area contributed by atoms with Gasteiger partial charge >= 0.3 is 12.1 Å². The summed E-state index contributed by atoms with van der Waals surface area (Å²) < 4.78 is 54.2. The van der Waals surface area contributed by atoms with Crippen molar-refractivity contribution in [2.24, 2.45) is 0 Å². The Labute approximate surface area is 174 Å². The lowest BCUT2D eigenvalue weighted by Gasteiger charge is -2.10. The van der Waals surface area contributed by atoms with E-state index in [-0.39, 0.29) is 40.1 Å². The van der Waals surface area contributed by atoms with E-state index >= 15 is 0 Å². The van der Waals surface area contributed by atoms with Gasteiger partial charge in [0.15, 0.2) is 11.5 Å². The number of hydrogen-bond donors (Lipinski definition) is 0. The molecular formula is C21H17F3N2O5. The third-order valence-corrected chi connectivity index (χ3v) is 4.44. The molecule has 0 bridgehead atoms. The monoisotopic (exact) mass is 434 g/mol. The summed E-state index contributed by atoms with van der Waals surface area (Å²) in [7, 11) is 2.76. The van der Waals surface area contributed by atoms with Crippen LogP contribution in [0.3, 0.4) is 0 Å². The van der Waals surface area contributed by atoms with Crippen LogP contribution in [0.25, 0.3) is 22.0 Å². The highest BCUT2D eigenvalue weighted by atomic mass is 19.4. The van der Waals surface area contributed by atoms with Crippen LogP contribution in [-0.2, 0) is 10.9 Å². The van der Waals surface area contributed by atoms with Crippen LogP contribution in [0.15, 0.2) is 41.2 Å². The fraction of sp³-hybridized carbons (Fsp3) is 0.238. The first-order chi connectivity index (χ1) is 14.7. The minimum absolute atomic E-state index is 0.0133. The third kappa shape index (κ3) is 4.27. The summed E-state index contributed by atoms with van der Waals surface area (Å²) in [6.45, 7) is 1.58. The van der Waals surface area contributed by atoms with Crippen LogP contribution in [0, 0.1) is 0 Å². The first-order valence-corrected chi connectivity index (χ1v) is 9.02. The van der Waals surface area contributed by atoms with E-state index in [9.17, 15) is 22.8 Å². The zero-order valence-corrected chi connectivity index (χ0v) is 16.7. The molecule has 0 N–H and O–H groups in total. The number of esters is 1. The number of nitrogens with zero attached hydrogens (tertiary/aromatic N) is 2. The van der Waals surface area contributed by atoms with Crippen molar-refractivity contribution in [1.82, 2.24) is 10.2 Å². The van der Waals surface area contributed by atoms with E-state index in [1.165, 1.54) is 38.5 Å². The molecule has 1 aromatic heterocycles. The van der Waals surface area contributed by atoms with Crippen molar-refractivity contribution in [2.75, 3.05) is 20.8 Å². The molecule has 31 heavy (non-hydrogen) atoms.